The number of fused-ring (bicyclic) bond motifs is 2. The second-order valence-electron chi connectivity index (χ2n) is 7.98. The fourth-order valence-electron chi connectivity index (χ4n) is 3.72. The van der Waals surface area contributed by atoms with E-state index in [1.54, 1.807) is 10.9 Å². The molecule has 2 N–H and O–H groups in total. The van der Waals surface area contributed by atoms with Crippen molar-refractivity contribution in [1.82, 2.24) is 30.3 Å². The van der Waals surface area contributed by atoms with E-state index in [1.165, 1.54) is 5.56 Å². The molecule has 9 heteroatoms. The zero-order valence-electron chi connectivity index (χ0n) is 18.2. The largest absolute Gasteiger partial charge is 0.494 e. The number of rotatable bonds is 0. The summed E-state index contributed by atoms with van der Waals surface area (Å²) in [6, 6.07) is 15.8. The van der Waals surface area contributed by atoms with Crippen LogP contribution in [0.15, 0.2) is 54.7 Å². The van der Waals surface area contributed by atoms with Gasteiger partial charge >= 0.3 is 0 Å². The number of ether oxygens (including phenoxy) is 1. The summed E-state index contributed by atoms with van der Waals surface area (Å²) >= 11 is 0. The summed E-state index contributed by atoms with van der Waals surface area (Å²) in [6.07, 6.45) is 5.60. The van der Waals surface area contributed by atoms with E-state index in [2.05, 4.69) is 43.0 Å². The predicted molar refractivity (Wildman–Crippen MR) is 125 cm³/mol. The standard InChI is InChI=1S/C24H25N7O2/c32-22-5-3-4-17-6-8-18(9-7-17)27-24-26-16-21-23(28-24)31(30-29-21)19-10-12-20(13-11-19)33-15-2-1-14-25-22/h6-13,16H,1-5,14-15H2,(H,25,32)(H,26,27,28). The van der Waals surface area contributed by atoms with E-state index >= 15 is 0 Å². The third-order valence-corrected chi connectivity index (χ3v) is 5.52. The van der Waals surface area contributed by atoms with Crippen LogP contribution in [0.4, 0.5) is 11.6 Å². The molecule has 5 heterocycles. The number of aromatic nitrogens is 5. The van der Waals surface area contributed by atoms with E-state index in [9.17, 15) is 4.79 Å². The molecule has 168 valence electrons. The second-order valence-corrected chi connectivity index (χ2v) is 7.98. The number of carbonyl (C=O) groups is 1. The molecule has 33 heavy (non-hydrogen) atoms. The molecule has 1 amide bonds. The number of hydrogen-bond donors (Lipinski definition) is 2. The highest BCUT2D eigenvalue weighted by atomic mass is 16.5. The molecule has 7 rings (SSSR count). The lowest BCUT2D eigenvalue weighted by molar-refractivity contribution is -0.121. The fourth-order valence-corrected chi connectivity index (χ4v) is 3.72. The van der Waals surface area contributed by atoms with Crippen molar-refractivity contribution in [3.05, 3.63) is 60.3 Å². The number of carbonyl (C=O) groups excluding carboxylic acids is 1. The molecule has 2 aromatic heterocycles. The zero-order chi connectivity index (χ0) is 22.5. The lowest BCUT2D eigenvalue weighted by Crippen LogP contribution is -2.24. The van der Waals surface area contributed by atoms with Gasteiger partial charge in [0, 0.05) is 18.7 Å². The summed E-state index contributed by atoms with van der Waals surface area (Å²) in [5.41, 5.74) is 4.14. The van der Waals surface area contributed by atoms with Crippen LogP contribution in [-0.2, 0) is 11.2 Å². The first-order chi connectivity index (χ1) is 16.2. The minimum absolute atomic E-state index is 0.0997. The maximum absolute atomic E-state index is 12.1. The maximum Gasteiger partial charge on any atom is 0.229 e. The number of amides is 1. The van der Waals surface area contributed by atoms with Crippen LogP contribution in [-0.4, -0.2) is 44.0 Å². The van der Waals surface area contributed by atoms with Crippen molar-refractivity contribution in [3.8, 4) is 11.4 Å². The molecule has 0 unspecified atom stereocenters. The first-order valence-corrected chi connectivity index (χ1v) is 11.2. The molecular weight excluding hydrogens is 418 g/mol. The molecule has 0 spiro atoms. The first kappa shape index (κ1) is 20.9. The summed E-state index contributed by atoms with van der Waals surface area (Å²) < 4.78 is 7.52. The fraction of sp³-hybridized carbons (Fsp3) is 0.292. The van der Waals surface area contributed by atoms with Gasteiger partial charge in [0.15, 0.2) is 11.2 Å². The van der Waals surface area contributed by atoms with Crippen molar-refractivity contribution in [2.24, 2.45) is 0 Å². The summed E-state index contributed by atoms with van der Waals surface area (Å²) in [5.74, 6) is 1.35. The number of aryl methyl sites for hydroxylation is 1. The van der Waals surface area contributed by atoms with Crippen molar-refractivity contribution in [1.29, 1.82) is 0 Å². The van der Waals surface area contributed by atoms with Gasteiger partial charge in [-0.1, -0.05) is 17.3 Å². The Balaban J connectivity index is 1.41. The average molecular weight is 444 g/mol. The van der Waals surface area contributed by atoms with Crippen LogP contribution < -0.4 is 15.4 Å². The number of benzene rings is 2. The molecule has 9 nitrogen and oxygen atoms in total. The van der Waals surface area contributed by atoms with Gasteiger partial charge in [-0.15, -0.1) is 5.10 Å². The van der Waals surface area contributed by atoms with Crippen molar-refractivity contribution >= 4 is 28.7 Å². The number of nitrogens with zero attached hydrogens (tertiary/aromatic N) is 5. The molecular formula is C24H25N7O2. The predicted octanol–water partition coefficient (Wildman–Crippen LogP) is 3.57. The lowest BCUT2D eigenvalue weighted by Gasteiger charge is -2.08. The van der Waals surface area contributed by atoms with Crippen LogP contribution in [0.1, 0.15) is 31.2 Å². The van der Waals surface area contributed by atoms with Crippen molar-refractivity contribution in [2.45, 2.75) is 32.1 Å². The van der Waals surface area contributed by atoms with E-state index < -0.39 is 0 Å². The van der Waals surface area contributed by atoms with Crippen LogP contribution in [0.2, 0.25) is 0 Å². The molecule has 2 aromatic carbocycles. The first-order valence-electron chi connectivity index (χ1n) is 11.2. The highest BCUT2D eigenvalue weighted by Gasteiger charge is 2.11. The molecule has 0 fully saturated rings. The van der Waals surface area contributed by atoms with Crippen molar-refractivity contribution in [2.75, 3.05) is 18.5 Å². The molecule has 0 saturated heterocycles. The quantitative estimate of drug-likeness (QED) is 0.428. The number of anilines is 2. The Bertz CT molecular complexity index is 1240. The van der Waals surface area contributed by atoms with Crippen LogP contribution in [0.3, 0.4) is 0 Å². The Morgan fingerprint density at radius 3 is 2.64 bits per heavy atom. The van der Waals surface area contributed by atoms with E-state index in [4.69, 9.17) is 4.74 Å². The highest BCUT2D eigenvalue weighted by Crippen LogP contribution is 2.21. The summed E-state index contributed by atoms with van der Waals surface area (Å²) in [4.78, 5) is 21.0. The second kappa shape index (κ2) is 9.64. The third kappa shape index (κ3) is 5.08. The number of hydrogen-bond acceptors (Lipinski definition) is 7. The van der Waals surface area contributed by atoms with Crippen LogP contribution in [0.5, 0.6) is 5.75 Å². The van der Waals surface area contributed by atoms with Gasteiger partial charge in [0.1, 0.15) is 5.75 Å². The Morgan fingerprint density at radius 2 is 1.79 bits per heavy atom. The minimum Gasteiger partial charge on any atom is -0.494 e. The Labute approximate surface area is 191 Å². The topological polar surface area (TPSA) is 107 Å². The smallest absolute Gasteiger partial charge is 0.229 e. The normalized spacial score (nSPS) is 15.2. The van der Waals surface area contributed by atoms with Crippen LogP contribution in [0.25, 0.3) is 16.9 Å². The van der Waals surface area contributed by atoms with Gasteiger partial charge in [0.25, 0.3) is 0 Å². The molecule has 0 radical (unpaired) electrons. The van der Waals surface area contributed by atoms with Gasteiger partial charge in [-0.25, -0.2) is 4.98 Å². The third-order valence-electron chi connectivity index (χ3n) is 5.52. The van der Waals surface area contributed by atoms with Crippen molar-refractivity contribution in [3.63, 3.8) is 0 Å². The molecule has 0 saturated carbocycles. The monoisotopic (exact) mass is 443 g/mol. The molecule has 3 aliphatic rings. The molecule has 0 atom stereocenters. The molecule has 4 aromatic rings. The molecule has 3 aliphatic heterocycles. The van der Waals surface area contributed by atoms with Crippen molar-refractivity contribution < 1.29 is 9.53 Å². The molecule has 6 bridgehead atoms. The Hall–Kier alpha value is -4.01. The van der Waals surface area contributed by atoms with Gasteiger partial charge in [0.2, 0.25) is 11.9 Å². The van der Waals surface area contributed by atoms with Gasteiger partial charge in [-0.2, -0.15) is 9.67 Å². The number of nitrogens with one attached hydrogen (secondary N) is 2. The highest BCUT2D eigenvalue weighted by molar-refractivity contribution is 5.75. The van der Waals surface area contributed by atoms with Gasteiger partial charge in [-0.3, -0.25) is 4.79 Å². The minimum atomic E-state index is 0.0997. The maximum atomic E-state index is 12.1. The summed E-state index contributed by atoms with van der Waals surface area (Å²) in [7, 11) is 0. The van der Waals surface area contributed by atoms with Gasteiger partial charge in [-0.05, 0) is 67.6 Å². The van der Waals surface area contributed by atoms with E-state index in [0.717, 1.165) is 42.8 Å². The SMILES string of the molecule is O=C1CCCc2ccc(cc2)Nc2ncc3nnn(c3n2)-c2ccc(cc2)OCCCCN1. The van der Waals surface area contributed by atoms with Gasteiger partial charge in [0.05, 0.1) is 18.5 Å². The summed E-state index contributed by atoms with van der Waals surface area (Å²) in [6.45, 7) is 1.27. The van der Waals surface area contributed by atoms with E-state index in [0.29, 0.717) is 36.7 Å². The van der Waals surface area contributed by atoms with Crippen LogP contribution in [0, 0.1) is 0 Å². The van der Waals surface area contributed by atoms with E-state index in [1.807, 2.05) is 36.4 Å². The summed E-state index contributed by atoms with van der Waals surface area (Å²) in [5, 5.41) is 14.7. The zero-order valence-corrected chi connectivity index (χ0v) is 18.2. The Kier molecular flexibility index (Phi) is 6.10. The Morgan fingerprint density at radius 1 is 0.939 bits per heavy atom. The molecule has 0 aliphatic carbocycles. The lowest BCUT2D eigenvalue weighted by atomic mass is 10.1. The van der Waals surface area contributed by atoms with E-state index in [-0.39, 0.29) is 5.91 Å². The van der Waals surface area contributed by atoms with Crippen LogP contribution >= 0.6 is 0 Å². The average Bonchev–Trinajstić information content (AvgIpc) is 3.25. The van der Waals surface area contributed by atoms with Gasteiger partial charge < -0.3 is 15.4 Å².